The van der Waals surface area contributed by atoms with Gasteiger partial charge in [0.2, 0.25) is 0 Å². The molecule has 1 atom stereocenters. The van der Waals surface area contributed by atoms with E-state index in [1.54, 1.807) is 17.0 Å². The van der Waals surface area contributed by atoms with E-state index >= 15 is 0 Å². The van der Waals surface area contributed by atoms with Crippen LogP contribution in [0, 0.1) is 12.8 Å². The number of carboxylic acids is 1. The van der Waals surface area contributed by atoms with E-state index in [0.29, 0.717) is 23.7 Å². The standard InChI is InChI=1S/C15H18ClNO3/c1-10-4-5-12(13(16)7-10)15(20)17-6-2-3-11(9-17)8-14(18)19/h4-5,7,11H,2-3,6,8-9H2,1H3,(H,18,19). The van der Waals surface area contributed by atoms with Crippen LogP contribution in [0.5, 0.6) is 0 Å². The Labute approximate surface area is 123 Å². The third-order valence-corrected chi connectivity index (χ3v) is 3.94. The van der Waals surface area contributed by atoms with Crippen molar-refractivity contribution in [2.24, 2.45) is 5.92 Å². The van der Waals surface area contributed by atoms with Crippen LogP contribution in [0.1, 0.15) is 35.2 Å². The summed E-state index contributed by atoms with van der Waals surface area (Å²) in [6, 6.07) is 5.37. The van der Waals surface area contributed by atoms with Crippen LogP contribution in [0.2, 0.25) is 5.02 Å². The molecule has 20 heavy (non-hydrogen) atoms. The zero-order valence-electron chi connectivity index (χ0n) is 11.4. The second kappa shape index (κ2) is 6.27. The van der Waals surface area contributed by atoms with Gasteiger partial charge in [-0.05, 0) is 43.4 Å². The molecule has 4 nitrogen and oxygen atoms in total. The number of rotatable bonds is 3. The molecule has 0 bridgehead atoms. The highest BCUT2D eigenvalue weighted by Gasteiger charge is 2.26. The minimum absolute atomic E-state index is 0.0365. The van der Waals surface area contributed by atoms with Gasteiger partial charge in [0.15, 0.2) is 0 Å². The summed E-state index contributed by atoms with van der Waals surface area (Å²) >= 11 is 6.12. The van der Waals surface area contributed by atoms with Crippen LogP contribution in [0.4, 0.5) is 0 Å². The Kier molecular flexibility index (Phi) is 4.65. The molecule has 1 N–H and O–H groups in total. The number of halogens is 1. The van der Waals surface area contributed by atoms with E-state index in [1.807, 2.05) is 13.0 Å². The Bertz CT molecular complexity index is 530. The molecule has 1 fully saturated rings. The molecule has 0 aromatic heterocycles. The fourth-order valence-corrected chi connectivity index (χ4v) is 2.94. The number of hydrogen-bond donors (Lipinski definition) is 1. The average Bonchev–Trinajstić information content (AvgIpc) is 2.37. The molecular formula is C15H18ClNO3. The van der Waals surface area contributed by atoms with Gasteiger partial charge in [-0.25, -0.2) is 0 Å². The molecular weight excluding hydrogens is 278 g/mol. The lowest BCUT2D eigenvalue weighted by Gasteiger charge is -2.32. The van der Waals surface area contributed by atoms with Crippen LogP contribution in [0.25, 0.3) is 0 Å². The van der Waals surface area contributed by atoms with Crippen molar-refractivity contribution in [1.82, 2.24) is 4.90 Å². The lowest BCUT2D eigenvalue weighted by Crippen LogP contribution is -2.40. The minimum Gasteiger partial charge on any atom is -0.481 e. The number of benzene rings is 1. The third-order valence-electron chi connectivity index (χ3n) is 3.62. The fraction of sp³-hybridized carbons (Fsp3) is 0.467. The molecule has 0 radical (unpaired) electrons. The lowest BCUT2D eigenvalue weighted by molar-refractivity contribution is -0.138. The first-order valence-electron chi connectivity index (χ1n) is 6.74. The summed E-state index contributed by atoms with van der Waals surface area (Å²) < 4.78 is 0. The van der Waals surface area contributed by atoms with Gasteiger partial charge in [-0.15, -0.1) is 0 Å². The zero-order chi connectivity index (χ0) is 14.7. The number of aryl methyl sites for hydroxylation is 1. The molecule has 1 saturated heterocycles. The van der Waals surface area contributed by atoms with Crippen molar-refractivity contribution < 1.29 is 14.7 Å². The molecule has 5 heteroatoms. The highest BCUT2D eigenvalue weighted by Crippen LogP contribution is 2.24. The largest absolute Gasteiger partial charge is 0.481 e. The summed E-state index contributed by atoms with van der Waals surface area (Å²) in [5.41, 5.74) is 1.50. The van der Waals surface area contributed by atoms with Gasteiger partial charge in [0, 0.05) is 19.5 Å². The molecule has 0 aliphatic carbocycles. The Morgan fingerprint density at radius 3 is 2.85 bits per heavy atom. The first kappa shape index (κ1) is 14.9. The third kappa shape index (κ3) is 3.51. The van der Waals surface area contributed by atoms with Crippen LogP contribution >= 0.6 is 11.6 Å². The van der Waals surface area contributed by atoms with Crippen LogP contribution in [0.3, 0.4) is 0 Å². The lowest BCUT2D eigenvalue weighted by atomic mass is 9.94. The van der Waals surface area contributed by atoms with Gasteiger partial charge < -0.3 is 10.0 Å². The molecule has 1 aliphatic heterocycles. The first-order chi connectivity index (χ1) is 9.47. The maximum absolute atomic E-state index is 12.5. The molecule has 0 spiro atoms. The van der Waals surface area contributed by atoms with Crippen molar-refractivity contribution >= 4 is 23.5 Å². The van der Waals surface area contributed by atoms with Crippen LogP contribution < -0.4 is 0 Å². The van der Waals surface area contributed by atoms with E-state index in [1.165, 1.54) is 0 Å². The van der Waals surface area contributed by atoms with E-state index in [9.17, 15) is 9.59 Å². The number of carboxylic acid groups (broad SMARTS) is 1. The van der Waals surface area contributed by atoms with Crippen LogP contribution in [0.15, 0.2) is 18.2 Å². The number of nitrogens with zero attached hydrogens (tertiary/aromatic N) is 1. The van der Waals surface area contributed by atoms with E-state index in [-0.39, 0.29) is 18.2 Å². The second-order valence-electron chi connectivity index (χ2n) is 5.34. The second-order valence-corrected chi connectivity index (χ2v) is 5.75. The molecule has 1 amide bonds. The summed E-state index contributed by atoms with van der Waals surface area (Å²) in [5, 5.41) is 9.31. The molecule has 1 unspecified atom stereocenters. The van der Waals surface area contributed by atoms with Gasteiger partial charge >= 0.3 is 5.97 Å². The zero-order valence-corrected chi connectivity index (χ0v) is 12.2. The van der Waals surface area contributed by atoms with Crippen molar-refractivity contribution in [2.45, 2.75) is 26.2 Å². The fourth-order valence-electron chi connectivity index (χ4n) is 2.63. The number of carbonyl (C=O) groups is 2. The average molecular weight is 296 g/mol. The molecule has 1 aromatic carbocycles. The number of aliphatic carboxylic acids is 1. The molecule has 0 saturated carbocycles. The number of likely N-dealkylation sites (tertiary alicyclic amines) is 1. The summed E-state index contributed by atoms with van der Waals surface area (Å²) in [6.45, 7) is 3.08. The van der Waals surface area contributed by atoms with Gasteiger partial charge in [-0.2, -0.15) is 0 Å². The molecule has 1 aliphatic rings. The highest BCUT2D eigenvalue weighted by atomic mass is 35.5. The van der Waals surface area contributed by atoms with Gasteiger partial charge in [-0.1, -0.05) is 17.7 Å². The SMILES string of the molecule is Cc1ccc(C(=O)N2CCCC(CC(=O)O)C2)c(Cl)c1. The van der Waals surface area contributed by atoms with Crippen LogP contribution in [-0.2, 0) is 4.79 Å². The van der Waals surface area contributed by atoms with Crippen LogP contribution in [-0.4, -0.2) is 35.0 Å². The van der Waals surface area contributed by atoms with Crippen molar-refractivity contribution in [3.8, 4) is 0 Å². The monoisotopic (exact) mass is 295 g/mol. The number of carbonyl (C=O) groups excluding carboxylic acids is 1. The Hall–Kier alpha value is -1.55. The maximum Gasteiger partial charge on any atom is 0.303 e. The summed E-state index contributed by atoms with van der Waals surface area (Å²) in [7, 11) is 0. The number of hydrogen-bond acceptors (Lipinski definition) is 2. The predicted octanol–water partition coefficient (Wildman–Crippen LogP) is 2.98. The summed E-state index contributed by atoms with van der Waals surface area (Å²) in [6.07, 6.45) is 1.82. The smallest absolute Gasteiger partial charge is 0.303 e. The minimum atomic E-state index is -0.808. The van der Waals surface area contributed by atoms with E-state index < -0.39 is 5.97 Å². The molecule has 108 valence electrons. The molecule has 1 aromatic rings. The van der Waals surface area contributed by atoms with E-state index in [2.05, 4.69) is 0 Å². The number of piperidine rings is 1. The van der Waals surface area contributed by atoms with Gasteiger partial charge in [0.05, 0.1) is 10.6 Å². The number of amides is 1. The van der Waals surface area contributed by atoms with E-state index in [0.717, 1.165) is 18.4 Å². The molecule has 2 rings (SSSR count). The maximum atomic E-state index is 12.5. The Balaban J connectivity index is 2.10. The van der Waals surface area contributed by atoms with Crippen molar-refractivity contribution in [3.05, 3.63) is 34.3 Å². The summed E-state index contributed by atoms with van der Waals surface area (Å²) in [5.74, 6) is -0.878. The van der Waals surface area contributed by atoms with Gasteiger partial charge in [0.1, 0.15) is 0 Å². The van der Waals surface area contributed by atoms with E-state index in [4.69, 9.17) is 16.7 Å². The Morgan fingerprint density at radius 1 is 1.45 bits per heavy atom. The van der Waals surface area contributed by atoms with Crippen molar-refractivity contribution in [1.29, 1.82) is 0 Å². The normalized spacial score (nSPS) is 18.9. The topological polar surface area (TPSA) is 57.6 Å². The highest BCUT2D eigenvalue weighted by molar-refractivity contribution is 6.33. The predicted molar refractivity (Wildman–Crippen MR) is 77.1 cm³/mol. The van der Waals surface area contributed by atoms with Gasteiger partial charge in [-0.3, -0.25) is 9.59 Å². The van der Waals surface area contributed by atoms with Crippen molar-refractivity contribution in [3.63, 3.8) is 0 Å². The quantitative estimate of drug-likeness (QED) is 0.932. The Morgan fingerprint density at radius 2 is 2.20 bits per heavy atom. The first-order valence-corrected chi connectivity index (χ1v) is 7.12. The molecule has 1 heterocycles. The van der Waals surface area contributed by atoms with Crippen molar-refractivity contribution in [2.75, 3.05) is 13.1 Å². The summed E-state index contributed by atoms with van der Waals surface area (Å²) in [4.78, 5) is 25.0. The van der Waals surface area contributed by atoms with Gasteiger partial charge in [0.25, 0.3) is 5.91 Å².